The zero-order chi connectivity index (χ0) is 16.5. The largest absolute Gasteiger partial charge is 0.419 e. The van der Waals surface area contributed by atoms with E-state index in [1.165, 1.54) is 6.07 Å². The highest BCUT2D eigenvalue weighted by Gasteiger charge is 2.34. The molecule has 0 aliphatic rings. The molecule has 3 nitrogen and oxygen atoms in total. The van der Waals surface area contributed by atoms with Gasteiger partial charge in [0.1, 0.15) is 5.82 Å². The topological polar surface area (TPSA) is 29.9 Å². The van der Waals surface area contributed by atoms with E-state index in [1.807, 2.05) is 20.0 Å². The summed E-state index contributed by atoms with van der Waals surface area (Å²) in [6, 6.07) is 3.02. The van der Waals surface area contributed by atoms with Crippen LogP contribution in [0.5, 0.6) is 0 Å². The van der Waals surface area contributed by atoms with E-state index in [9.17, 15) is 17.6 Å². The Bertz CT molecular complexity index is 659. The molecule has 0 unspecified atom stereocenters. The molecule has 0 fully saturated rings. The number of benzene rings is 1. The van der Waals surface area contributed by atoms with E-state index in [4.69, 9.17) is 0 Å². The van der Waals surface area contributed by atoms with Crippen molar-refractivity contribution < 1.29 is 17.6 Å². The molecule has 0 bridgehead atoms. The second-order valence-electron chi connectivity index (χ2n) is 5.69. The van der Waals surface area contributed by atoms with Crippen LogP contribution in [-0.2, 0) is 25.3 Å². The Morgan fingerprint density at radius 3 is 2.45 bits per heavy atom. The first kappa shape index (κ1) is 16.5. The van der Waals surface area contributed by atoms with Gasteiger partial charge in [0.05, 0.1) is 11.8 Å². The highest BCUT2D eigenvalue weighted by Crippen LogP contribution is 2.32. The molecule has 2 rings (SSSR count). The third-order valence-electron chi connectivity index (χ3n) is 3.50. The fourth-order valence-electron chi connectivity index (χ4n) is 2.07. The Labute approximate surface area is 125 Å². The molecule has 0 spiro atoms. The van der Waals surface area contributed by atoms with Gasteiger partial charge in [-0.15, -0.1) is 0 Å². The van der Waals surface area contributed by atoms with Crippen molar-refractivity contribution in [2.75, 3.05) is 0 Å². The van der Waals surface area contributed by atoms with E-state index in [0.29, 0.717) is 5.56 Å². The molecule has 0 aliphatic heterocycles. The van der Waals surface area contributed by atoms with Crippen molar-refractivity contribution in [2.45, 2.75) is 32.1 Å². The molecule has 0 radical (unpaired) electrons. The third kappa shape index (κ3) is 3.65. The molecule has 1 aromatic carbocycles. The van der Waals surface area contributed by atoms with E-state index in [1.54, 1.807) is 17.9 Å². The van der Waals surface area contributed by atoms with Gasteiger partial charge in [-0.1, -0.05) is 6.07 Å². The number of hydrogen-bond donors (Lipinski definition) is 1. The fourth-order valence-corrected chi connectivity index (χ4v) is 2.07. The number of halogens is 4. The third-order valence-corrected chi connectivity index (χ3v) is 3.50. The van der Waals surface area contributed by atoms with Gasteiger partial charge in [-0.2, -0.15) is 18.3 Å². The zero-order valence-corrected chi connectivity index (χ0v) is 12.5. The minimum Gasteiger partial charge on any atom is -0.304 e. The molecular formula is C15H17F4N3. The van der Waals surface area contributed by atoms with Crippen LogP contribution >= 0.6 is 0 Å². The summed E-state index contributed by atoms with van der Waals surface area (Å²) in [6.07, 6.45) is -1.17. The van der Waals surface area contributed by atoms with Gasteiger partial charge in [0.25, 0.3) is 0 Å². The number of alkyl halides is 3. The Balaban J connectivity index is 2.15. The van der Waals surface area contributed by atoms with Crippen LogP contribution in [0.3, 0.4) is 0 Å². The van der Waals surface area contributed by atoms with Crippen molar-refractivity contribution in [3.63, 3.8) is 0 Å². The molecule has 0 atom stereocenters. The van der Waals surface area contributed by atoms with Crippen molar-refractivity contribution in [1.29, 1.82) is 0 Å². The van der Waals surface area contributed by atoms with Crippen LogP contribution in [0, 0.1) is 5.82 Å². The number of rotatable bonds is 4. The lowest BCUT2D eigenvalue weighted by Crippen LogP contribution is -2.35. The summed E-state index contributed by atoms with van der Waals surface area (Å²) in [4.78, 5) is 0. The lowest BCUT2D eigenvalue weighted by molar-refractivity contribution is -0.140. The predicted octanol–water partition coefficient (Wildman–Crippen LogP) is 3.60. The van der Waals surface area contributed by atoms with Crippen LogP contribution in [0.1, 0.15) is 30.5 Å². The molecule has 7 heteroatoms. The van der Waals surface area contributed by atoms with Crippen LogP contribution < -0.4 is 5.32 Å². The summed E-state index contributed by atoms with van der Waals surface area (Å²) in [5, 5.41) is 7.23. The average molecular weight is 315 g/mol. The van der Waals surface area contributed by atoms with Crippen LogP contribution in [-0.4, -0.2) is 9.78 Å². The molecule has 1 N–H and O–H groups in total. The molecule has 0 aliphatic carbocycles. The van der Waals surface area contributed by atoms with E-state index >= 15 is 0 Å². The van der Waals surface area contributed by atoms with Gasteiger partial charge in [0, 0.05) is 30.9 Å². The fraction of sp³-hybridized carbons (Fsp3) is 0.400. The second-order valence-corrected chi connectivity index (χ2v) is 5.69. The van der Waals surface area contributed by atoms with Gasteiger partial charge in [-0.25, -0.2) is 4.39 Å². The van der Waals surface area contributed by atoms with Gasteiger partial charge >= 0.3 is 6.18 Å². The summed E-state index contributed by atoms with van der Waals surface area (Å²) in [7, 11) is 1.79. The minimum atomic E-state index is -4.70. The molecule has 120 valence electrons. The van der Waals surface area contributed by atoms with Crippen LogP contribution in [0.2, 0.25) is 0 Å². The first-order valence-corrected chi connectivity index (χ1v) is 6.69. The maximum Gasteiger partial charge on any atom is 0.419 e. The molecule has 1 heterocycles. The van der Waals surface area contributed by atoms with Crippen molar-refractivity contribution >= 4 is 0 Å². The summed E-state index contributed by atoms with van der Waals surface area (Å²) in [6.45, 7) is 3.99. The quantitative estimate of drug-likeness (QED) is 0.874. The van der Waals surface area contributed by atoms with Gasteiger partial charge in [0.2, 0.25) is 0 Å². The standard InChI is InChI=1S/C15H17F4N3/c1-14(2,11-8-21-22(3)9-11)20-7-10-4-5-13(16)12(6-10)15(17,18)19/h4-6,8-9,20H,7H2,1-3H3. The van der Waals surface area contributed by atoms with Gasteiger partial charge in [0.15, 0.2) is 0 Å². The summed E-state index contributed by atoms with van der Waals surface area (Å²) >= 11 is 0. The number of aryl methyl sites for hydroxylation is 1. The van der Waals surface area contributed by atoms with Crippen molar-refractivity contribution in [2.24, 2.45) is 7.05 Å². The number of hydrogen-bond acceptors (Lipinski definition) is 2. The summed E-state index contributed by atoms with van der Waals surface area (Å²) < 4.78 is 53.0. The second kappa shape index (κ2) is 5.72. The number of aromatic nitrogens is 2. The normalized spacial score (nSPS) is 12.7. The maximum absolute atomic E-state index is 13.3. The molecule has 0 amide bonds. The first-order chi connectivity index (χ1) is 10.1. The number of nitrogens with zero attached hydrogens (tertiary/aromatic N) is 2. The number of nitrogens with one attached hydrogen (secondary N) is 1. The lowest BCUT2D eigenvalue weighted by atomic mass is 9.97. The minimum absolute atomic E-state index is 0.186. The zero-order valence-electron chi connectivity index (χ0n) is 12.5. The van der Waals surface area contributed by atoms with E-state index in [-0.39, 0.29) is 6.54 Å². The van der Waals surface area contributed by atoms with Crippen molar-refractivity contribution in [3.8, 4) is 0 Å². The molecule has 22 heavy (non-hydrogen) atoms. The monoisotopic (exact) mass is 315 g/mol. The van der Waals surface area contributed by atoms with Gasteiger partial charge < -0.3 is 5.32 Å². The Morgan fingerprint density at radius 1 is 1.23 bits per heavy atom. The van der Waals surface area contributed by atoms with E-state index in [2.05, 4.69) is 10.4 Å². The molecular weight excluding hydrogens is 298 g/mol. The highest BCUT2D eigenvalue weighted by molar-refractivity contribution is 5.28. The van der Waals surface area contributed by atoms with Gasteiger partial charge in [-0.05, 0) is 31.5 Å². The van der Waals surface area contributed by atoms with Crippen LogP contribution in [0.25, 0.3) is 0 Å². The Kier molecular flexibility index (Phi) is 4.28. The molecule has 0 saturated heterocycles. The van der Waals surface area contributed by atoms with Crippen molar-refractivity contribution in [3.05, 3.63) is 53.1 Å². The SMILES string of the molecule is Cn1cc(C(C)(C)NCc2ccc(F)c(C(F)(F)F)c2)cn1. The smallest absolute Gasteiger partial charge is 0.304 e. The molecule has 0 saturated carbocycles. The Morgan fingerprint density at radius 2 is 1.91 bits per heavy atom. The summed E-state index contributed by atoms with van der Waals surface area (Å²) in [5.74, 6) is -1.26. The first-order valence-electron chi connectivity index (χ1n) is 6.69. The average Bonchev–Trinajstić information content (AvgIpc) is 2.84. The van der Waals surface area contributed by atoms with Crippen molar-refractivity contribution in [1.82, 2.24) is 15.1 Å². The Hall–Kier alpha value is -1.89. The van der Waals surface area contributed by atoms with E-state index < -0.39 is 23.1 Å². The highest BCUT2D eigenvalue weighted by atomic mass is 19.4. The summed E-state index contributed by atoms with van der Waals surface area (Å²) in [5.41, 5.74) is -0.439. The predicted molar refractivity (Wildman–Crippen MR) is 74.5 cm³/mol. The molecule has 2 aromatic rings. The maximum atomic E-state index is 13.3. The van der Waals surface area contributed by atoms with Gasteiger partial charge in [-0.3, -0.25) is 4.68 Å². The van der Waals surface area contributed by atoms with Crippen LogP contribution in [0.4, 0.5) is 17.6 Å². The molecule has 1 aromatic heterocycles. The lowest BCUT2D eigenvalue weighted by Gasteiger charge is -2.25. The van der Waals surface area contributed by atoms with E-state index in [0.717, 1.165) is 17.7 Å². The van der Waals surface area contributed by atoms with Crippen LogP contribution in [0.15, 0.2) is 30.6 Å².